The maximum absolute atomic E-state index is 14.0. The predicted octanol–water partition coefficient (Wildman–Crippen LogP) is 4.39. The summed E-state index contributed by atoms with van der Waals surface area (Å²) >= 11 is 0. The number of sulfonamides is 1. The lowest BCUT2D eigenvalue weighted by Crippen LogP contribution is -2.54. The molecule has 2 atom stereocenters. The zero-order valence-electron chi connectivity index (χ0n) is 23.2. The number of hydrogen-bond acceptors (Lipinski definition) is 5. The molecule has 2 amide bonds. The molecule has 9 heteroatoms. The topological polar surface area (TPSA) is 96.0 Å². The van der Waals surface area contributed by atoms with E-state index < -0.39 is 22.0 Å². The van der Waals surface area contributed by atoms with E-state index in [1.54, 1.807) is 35.2 Å². The summed E-state index contributed by atoms with van der Waals surface area (Å²) in [6.45, 7) is 0.940. The van der Waals surface area contributed by atoms with Gasteiger partial charge in [0.15, 0.2) is 6.10 Å². The SMILES string of the molecule is O=C(NCCc1ccccc1)[C@H]1CN(C(=O)[C@H]2CCCN(S(=O)(=O)c3ccc4ccccc4c3)C2)c2ccccc2O1. The van der Waals surface area contributed by atoms with E-state index in [4.69, 9.17) is 4.74 Å². The standard InChI is InChI=1S/C33H33N3O5S/c37-32(34-19-18-24-9-2-1-3-10-24)31-23-36(29-14-6-7-15-30(29)41-31)33(38)27-13-8-20-35(22-27)42(39,40)28-17-16-25-11-4-5-12-26(25)21-28/h1-7,9-12,14-17,21,27,31H,8,13,18-20,22-23H2,(H,34,37)/t27-,31+/m0/s1. The Morgan fingerprint density at radius 1 is 0.857 bits per heavy atom. The molecule has 0 aliphatic carbocycles. The first kappa shape index (κ1) is 27.9. The summed E-state index contributed by atoms with van der Waals surface area (Å²) in [6.07, 6.45) is 0.942. The number of ether oxygens (including phenoxy) is 1. The Bertz CT molecular complexity index is 1710. The van der Waals surface area contributed by atoms with Crippen LogP contribution in [0.4, 0.5) is 5.69 Å². The quantitative estimate of drug-likeness (QED) is 0.348. The Labute approximate surface area is 245 Å². The van der Waals surface area contributed by atoms with E-state index in [9.17, 15) is 18.0 Å². The van der Waals surface area contributed by atoms with Gasteiger partial charge in [-0.15, -0.1) is 0 Å². The van der Waals surface area contributed by atoms with Crippen molar-refractivity contribution in [1.29, 1.82) is 0 Å². The fraction of sp³-hybridized carbons (Fsp3) is 0.273. The van der Waals surface area contributed by atoms with Crippen LogP contribution in [-0.2, 0) is 26.0 Å². The van der Waals surface area contributed by atoms with Gasteiger partial charge in [-0.25, -0.2) is 8.42 Å². The molecule has 42 heavy (non-hydrogen) atoms. The number of benzene rings is 4. The van der Waals surface area contributed by atoms with Gasteiger partial charge in [0.05, 0.1) is 23.0 Å². The number of fused-ring (bicyclic) bond motifs is 2. The zero-order valence-corrected chi connectivity index (χ0v) is 24.0. The summed E-state index contributed by atoms with van der Waals surface area (Å²) in [5.41, 5.74) is 1.70. The van der Waals surface area contributed by atoms with Crippen LogP contribution in [0, 0.1) is 5.92 Å². The number of nitrogens with zero attached hydrogens (tertiary/aromatic N) is 2. The smallest absolute Gasteiger partial charge is 0.262 e. The number of amides is 2. The van der Waals surface area contributed by atoms with Crippen LogP contribution >= 0.6 is 0 Å². The third-order valence-corrected chi connectivity index (χ3v) is 9.84. The van der Waals surface area contributed by atoms with Gasteiger partial charge in [0, 0.05) is 19.6 Å². The summed E-state index contributed by atoms with van der Waals surface area (Å²) in [7, 11) is -3.79. The average molecular weight is 584 g/mol. The summed E-state index contributed by atoms with van der Waals surface area (Å²) < 4.78 is 34.7. The Balaban J connectivity index is 1.17. The van der Waals surface area contributed by atoms with E-state index in [0.29, 0.717) is 43.8 Å². The minimum atomic E-state index is -3.79. The molecule has 1 saturated heterocycles. The normalized spacial score (nSPS) is 19.1. The van der Waals surface area contributed by atoms with Crippen molar-refractivity contribution in [3.8, 4) is 5.75 Å². The highest BCUT2D eigenvalue weighted by Gasteiger charge is 2.39. The fourth-order valence-corrected chi connectivity index (χ4v) is 7.29. The molecule has 0 radical (unpaired) electrons. The minimum absolute atomic E-state index is 0.0565. The second-order valence-electron chi connectivity index (χ2n) is 10.8. The van der Waals surface area contributed by atoms with Crippen LogP contribution in [0.15, 0.2) is 102 Å². The van der Waals surface area contributed by atoms with E-state index in [2.05, 4.69) is 5.32 Å². The lowest BCUT2D eigenvalue weighted by Gasteiger charge is -2.38. The molecule has 4 aromatic rings. The molecule has 0 spiro atoms. The number of para-hydroxylation sites is 2. The molecule has 6 rings (SSSR count). The van der Waals surface area contributed by atoms with Crippen molar-refractivity contribution < 1.29 is 22.7 Å². The number of nitrogens with one attached hydrogen (secondary N) is 1. The Morgan fingerprint density at radius 3 is 2.43 bits per heavy atom. The molecule has 8 nitrogen and oxygen atoms in total. The second kappa shape index (κ2) is 12.0. The monoisotopic (exact) mass is 583 g/mol. The summed E-state index contributed by atoms with van der Waals surface area (Å²) in [5, 5.41) is 4.75. The highest BCUT2D eigenvalue weighted by molar-refractivity contribution is 7.89. The molecule has 2 heterocycles. The van der Waals surface area contributed by atoms with Crippen LogP contribution in [0.2, 0.25) is 0 Å². The van der Waals surface area contributed by atoms with Crippen molar-refractivity contribution in [1.82, 2.24) is 9.62 Å². The first-order valence-corrected chi connectivity index (χ1v) is 15.7. The lowest BCUT2D eigenvalue weighted by molar-refractivity contribution is -0.129. The number of anilines is 1. The minimum Gasteiger partial charge on any atom is -0.477 e. The van der Waals surface area contributed by atoms with Gasteiger partial charge >= 0.3 is 0 Å². The largest absolute Gasteiger partial charge is 0.477 e. The van der Waals surface area contributed by atoms with E-state index in [1.165, 1.54) is 4.31 Å². The molecule has 216 valence electrons. The number of piperidine rings is 1. The van der Waals surface area contributed by atoms with E-state index in [1.807, 2.05) is 66.7 Å². The number of hydrogen-bond donors (Lipinski definition) is 1. The van der Waals surface area contributed by atoms with Gasteiger partial charge in [0.1, 0.15) is 5.75 Å². The van der Waals surface area contributed by atoms with Gasteiger partial charge in [-0.3, -0.25) is 9.59 Å². The van der Waals surface area contributed by atoms with E-state index in [-0.39, 0.29) is 29.8 Å². The highest BCUT2D eigenvalue weighted by Crippen LogP contribution is 2.36. The molecular formula is C33H33N3O5S. The van der Waals surface area contributed by atoms with Crippen LogP contribution in [0.25, 0.3) is 10.8 Å². The van der Waals surface area contributed by atoms with Crippen LogP contribution in [0.5, 0.6) is 5.75 Å². The van der Waals surface area contributed by atoms with Crippen molar-refractivity contribution in [2.75, 3.05) is 31.1 Å². The fourth-order valence-electron chi connectivity index (χ4n) is 5.73. The van der Waals surface area contributed by atoms with Gasteiger partial charge in [0.2, 0.25) is 15.9 Å². The number of rotatable bonds is 7. The molecule has 0 saturated carbocycles. The Hall–Kier alpha value is -4.21. The molecule has 2 aliphatic rings. The first-order chi connectivity index (χ1) is 20.4. The van der Waals surface area contributed by atoms with Crippen LogP contribution in [-0.4, -0.2) is 56.8 Å². The zero-order chi connectivity index (χ0) is 29.1. The predicted molar refractivity (Wildman–Crippen MR) is 162 cm³/mol. The van der Waals surface area contributed by atoms with Crippen LogP contribution in [0.1, 0.15) is 18.4 Å². The van der Waals surface area contributed by atoms with Crippen molar-refractivity contribution in [3.05, 3.63) is 103 Å². The molecule has 1 fully saturated rings. The van der Waals surface area contributed by atoms with Crippen molar-refractivity contribution in [3.63, 3.8) is 0 Å². The van der Waals surface area contributed by atoms with Gasteiger partial charge < -0.3 is 15.0 Å². The van der Waals surface area contributed by atoms with Gasteiger partial charge in [-0.2, -0.15) is 4.31 Å². The molecule has 0 aromatic heterocycles. The number of carbonyl (C=O) groups is 2. The third kappa shape index (κ3) is 5.75. The second-order valence-corrected chi connectivity index (χ2v) is 12.7. The van der Waals surface area contributed by atoms with Crippen molar-refractivity contribution in [2.24, 2.45) is 5.92 Å². The van der Waals surface area contributed by atoms with Crippen molar-refractivity contribution in [2.45, 2.75) is 30.3 Å². The highest BCUT2D eigenvalue weighted by atomic mass is 32.2. The number of carbonyl (C=O) groups excluding carboxylic acids is 2. The Morgan fingerprint density at radius 2 is 1.60 bits per heavy atom. The van der Waals surface area contributed by atoms with Gasteiger partial charge in [0.25, 0.3) is 5.91 Å². The molecule has 2 aliphatic heterocycles. The summed E-state index contributed by atoms with van der Waals surface area (Å²) in [5.74, 6) is -0.577. The first-order valence-electron chi connectivity index (χ1n) is 14.3. The average Bonchev–Trinajstić information content (AvgIpc) is 3.04. The Kier molecular flexibility index (Phi) is 7.95. The van der Waals surface area contributed by atoms with Crippen LogP contribution < -0.4 is 15.0 Å². The van der Waals surface area contributed by atoms with E-state index in [0.717, 1.165) is 16.3 Å². The van der Waals surface area contributed by atoms with E-state index >= 15 is 0 Å². The lowest BCUT2D eigenvalue weighted by atomic mass is 9.97. The van der Waals surface area contributed by atoms with Crippen molar-refractivity contribution >= 4 is 38.3 Å². The molecule has 1 N–H and O–H groups in total. The molecule has 4 aromatic carbocycles. The van der Waals surface area contributed by atoms with Crippen LogP contribution in [0.3, 0.4) is 0 Å². The summed E-state index contributed by atoms with van der Waals surface area (Å²) in [4.78, 5) is 28.9. The summed E-state index contributed by atoms with van der Waals surface area (Å²) in [6, 6.07) is 29.8. The third-order valence-electron chi connectivity index (χ3n) is 7.98. The maximum atomic E-state index is 14.0. The van der Waals surface area contributed by atoms with Gasteiger partial charge in [-0.1, -0.05) is 72.8 Å². The maximum Gasteiger partial charge on any atom is 0.262 e. The molecular weight excluding hydrogens is 550 g/mol. The van der Waals surface area contributed by atoms with Gasteiger partial charge in [-0.05, 0) is 59.9 Å². The molecule has 0 bridgehead atoms. The molecule has 0 unspecified atom stereocenters.